The van der Waals surface area contributed by atoms with E-state index in [1.54, 1.807) is 12.1 Å². The van der Waals surface area contributed by atoms with Crippen molar-refractivity contribution in [3.8, 4) is 0 Å². The van der Waals surface area contributed by atoms with Crippen LogP contribution in [0, 0.1) is 13.7 Å². The van der Waals surface area contributed by atoms with Crippen LogP contribution in [0.5, 0.6) is 0 Å². The molecule has 1 aromatic rings. The number of nitro benzene ring substituents is 1. The molecule has 0 aliphatic carbocycles. The van der Waals surface area contributed by atoms with Crippen molar-refractivity contribution in [1.82, 2.24) is 0 Å². The highest BCUT2D eigenvalue weighted by Crippen LogP contribution is 2.25. The fourth-order valence-electron chi connectivity index (χ4n) is 1.21. The van der Waals surface area contributed by atoms with Gasteiger partial charge in [-0.2, -0.15) is 0 Å². The van der Waals surface area contributed by atoms with E-state index in [4.69, 9.17) is 0 Å². The van der Waals surface area contributed by atoms with Gasteiger partial charge in [0.1, 0.15) is 0 Å². The lowest BCUT2D eigenvalue weighted by Gasteiger charge is -2.03. The second kappa shape index (κ2) is 5.65. The quantitative estimate of drug-likeness (QED) is 0.352. The summed E-state index contributed by atoms with van der Waals surface area (Å²) in [7, 11) is 0. The molecule has 0 aliphatic heterocycles. The summed E-state index contributed by atoms with van der Waals surface area (Å²) in [5, 5.41) is 11.6. The largest absolute Gasteiger partial charge is 0.273 e. The van der Waals surface area contributed by atoms with Crippen LogP contribution >= 0.6 is 38.5 Å². The van der Waals surface area contributed by atoms with Crippen molar-refractivity contribution in [2.45, 2.75) is 12.8 Å². The normalized spacial score (nSPS) is 10.1. The lowest BCUT2D eigenvalue weighted by atomic mass is 10.1. The highest BCUT2D eigenvalue weighted by atomic mass is 127. The topological polar surface area (TPSA) is 43.1 Å². The monoisotopic (exact) mass is 369 g/mol. The molecule has 0 fully saturated rings. The number of hydrogen-bond donors (Lipinski definition) is 0. The van der Waals surface area contributed by atoms with Gasteiger partial charge in [-0.15, -0.1) is 0 Å². The Hall–Kier alpha value is -0.170. The van der Waals surface area contributed by atoms with E-state index in [1.807, 2.05) is 6.07 Å². The number of benzene rings is 1. The number of halogens is 2. The summed E-state index contributed by atoms with van der Waals surface area (Å²) in [4.78, 5) is 10.4. The summed E-state index contributed by atoms with van der Waals surface area (Å²) in [5.41, 5.74) is 1.08. The Morgan fingerprint density at radius 3 is 2.79 bits per heavy atom. The van der Waals surface area contributed by atoms with Gasteiger partial charge in [-0.1, -0.05) is 22.0 Å². The molecular weight excluding hydrogens is 361 g/mol. The van der Waals surface area contributed by atoms with Crippen LogP contribution in [0.2, 0.25) is 0 Å². The van der Waals surface area contributed by atoms with E-state index < -0.39 is 0 Å². The predicted molar refractivity (Wildman–Crippen MR) is 67.9 cm³/mol. The summed E-state index contributed by atoms with van der Waals surface area (Å²) < 4.78 is 0.970. The van der Waals surface area contributed by atoms with E-state index in [9.17, 15) is 10.1 Å². The van der Waals surface area contributed by atoms with Gasteiger partial charge in [-0.25, -0.2) is 0 Å². The molecule has 3 nitrogen and oxygen atoms in total. The second-order valence-corrected chi connectivity index (χ2v) is 4.74. The fourth-order valence-corrected chi connectivity index (χ4v) is 2.24. The Labute approximate surface area is 104 Å². The first-order valence-corrected chi connectivity index (χ1v) is 6.34. The van der Waals surface area contributed by atoms with Gasteiger partial charge in [0.15, 0.2) is 0 Å². The zero-order valence-corrected chi connectivity index (χ0v) is 11.1. The van der Waals surface area contributed by atoms with Gasteiger partial charge in [-0.3, -0.25) is 10.1 Å². The first-order valence-electron chi connectivity index (χ1n) is 4.14. The molecule has 0 saturated heterocycles. The summed E-state index contributed by atoms with van der Waals surface area (Å²) in [6.07, 6.45) is 1.67. The molecule has 0 heterocycles. The van der Waals surface area contributed by atoms with Gasteiger partial charge in [-0.05, 0) is 41.5 Å². The van der Waals surface area contributed by atoms with Crippen molar-refractivity contribution >= 4 is 44.2 Å². The molecule has 0 bridgehead atoms. The third kappa shape index (κ3) is 2.91. The van der Waals surface area contributed by atoms with Crippen LogP contribution in [0.15, 0.2) is 18.2 Å². The van der Waals surface area contributed by atoms with E-state index in [1.165, 1.54) is 0 Å². The predicted octanol–water partition coefficient (Wildman–Crippen LogP) is 3.53. The molecule has 0 radical (unpaired) electrons. The fraction of sp³-hybridized carbons (Fsp3) is 0.333. The molecule has 0 unspecified atom stereocenters. The van der Waals surface area contributed by atoms with Crippen LogP contribution in [0.4, 0.5) is 5.69 Å². The molecule has 0 aromatic heterocycles. The molecule has 0 atom stereocenters. The number of nitrogens with zero attached hydrogens (tertiary/aromatic N) is 1. The lowest BCUT2D eigenvalue weighted by Crippen LogP contribution is -1.98. The maximum atomic E-state index is 10.7. The van der Waals surface area contributed by atoms with Gasteiger partial charge in [0.2, 0.25) is 0 Å². The molecule has 1 aromatic carbocycles. The standard InChI is InChI=1S/C9H9BrINO2/c10-6-2-3-7-8(11)4-1-5-9(7)12(13)14/h1,4-5H,2-3,6H2. The van der Waals surface area contributed by atoms with Crippen molar-refractivity contribution < 1.29 is 4.92 Å². The van der Waals surface area contributed by atoms with Crippen LogP contribution in [0.3, 0.4) is 0 Å². The number of hydrogen-bond acceptors (Lipinski definition) is 2. The van der Waals surface area contributed by atoms with Crippen LogP contribution in [0.25, 0.3) is 0 Å². The third-order valence-corrected chi connectivity index (χ3v) is 3.42. The molecule has 76 valence electrons. The first-order chi connectivity index (χ1) is 6.66. The summed E-state index contributed by atoms with van der Waals surface area (Å²) >= 11 is 5.46. The molecule has 0 N–H and O–H groups in total. The smallest absolute Gasteiger partial charge is 0.258 e. The van der Waals surface area contributed by atoms with Crippen LogP contribution in [-0.4, -0.2) is 10.3 Å². The minimum Gasteiger partial charge on any atom is -0.258 e. The van der Waals surface area contributed by atoms with E-state index in [-0.39, 0.29) is 10.6 Å². The molecule has 0 amide bonds. The molecule has 1 rings (SSSR count). The van der Waals surface area contributed by atoms with Crippen molar-refractivity contribution in [1.29, 1.82) is 0 Å². The summed E-state index contributed by atoms with van der Waals surface area (Å²) in [6.45, 7) is 0. The van der Waals surface area contributed by atoms with Gasteiger partial charge >= 0.3 is 0 Å². The van der Waals surface area contributed by atoms with E-state index in [0.717, 1.165) is 27.3 Å². The summed E-state index contributed by atoms with van der Waals surface area (Å²) in [6, 6.07) is 5.18. The van der Waals surface area contributed by atoms with Gasteiger partial charge in [0, 0.05) is 20.5 Å². The second-order valence-electron chi connectivity index (χ2n) is 2.79. The SMILES string of the molecule is O=[N+]([O-])c1cccc(I)c1CCCBr. The molecule has 0 spiro atoms. The number of alkyl halides is 1. The average molecular weight is 370 g/mol. The number of rotatable bonds is 4. The Kier molecular flexibility index (Phi) is 4.80. The minimum atomic E-state index is -0.314. The first kappa shape index (κ1) is 11.9. The maximum absolute atomic E-state index is 10.7. The molecule has 5 heteroatoms. The highest BCUT2D eigenvalue weighted by Gasteiger charge is 2.14. The van der Waals surface area contributed by atoms with Crippen molar-refractivity contribution in [2.24, 2.45) is 0 Å². The Morgan fingerprint density at radius 1 is 1.50 bits per heavy atom. The summed E-state index contributed by atoms with van der Waals surface area (Å²) in [5.74, 6) is 0. The zero-order valence-electron chi connectivity index (χ0n) is 7.37. The minimum absolute atomic E-state index is 0.234. The molecule has 0 saturated carbocycles. The Bertz CT molecular complexity index is 344. The molecule has 0 aliphatic rings. The van der Waals surface area contributed by atoms with Crippen molar-refractivity contribution in [3.63, 3.8) is 0 Å². The Morgan fingerprint density at radius 2 is 2.21 bits per heavy atom. The molecule has 14 heavy (non-hydrogen) atoms. The van der Waals surface area contributed by atoms with Gasteiger partial charge < -0.3 is 0 Å². The highest BCUT2D eigenvalue weighted by molar-refractivity contribution is 14.1. The van der Waals surface area contributed by atoms with Crippen LogP contribution in [-0.2, 0) is 6.42 Å². The van der Waals surface area contributed by atoms with Crippen molar-refractivity contribution in [3.05, 3.63) is 37.4 Å². The Balaban J connectivity index is 3.02. The average Bonchev–Trinajstić information content (AvgIpc) is 2.15. The van der Waals surface area contributed by atoms with Crippen LogP contribution in [0.1, 0.15) is 12.0 Å². The number of nitro groups is 1. The van der Waals surface area contributed by atoms with E-state index in [0.29, 0.717) is 0 Å². The third-order valence-electron chi connectivity index (χ3n) is 1.85. The molecular formula is C9H9BrINO2. The van der Waals surface area contributed by atoms with E-state index >= 15 is 0 Å². The maximum Gasteiger partial charge on any atom is 0.273 e. The van der Waals surface area contributed by atoms with Crippen LogP contribution < -0.4 is 0 Å². The lowest BCUT2D eigenvalue weighted by molar-refractivity contribution is -0.385. The van der Waals surface area contributed by atoms with Crippen molar-refractivity contribution in [2.75, 3.05) is 5.33 Å². The van der Waals surface area contributed by atoms with Gasteiger partial charge in [0.25, 0.3) is 5.69 Å². The zero-order chi connectivity index (χ0) is 10.6. The van der Waals surface area contributed by atoms with E-state index in [2.05, 4.69) is 38.5 Å². The van der Waals surface area contributed by atoms with Gasteiger partial charge in [0.05, 0.1) is 4.92 Å².